The number of nitrogens with one attached hydrogen (secondary N) is 1. The monoisotopic (exact) mass is 388 g/mol. The Morgan fingerprint density at radius 2 is 1.63 bits per heavy atom. The number of hydrogen-bond acceptors (Lipinski definition) is 3. The topological polar surface area (TPSA) is 66.5 Å². The van der Waals surface area contributed by atoms with Gasteiger partial charge in [0.05, 0.1) is 4.90 Å². The van der Waals surface area contributed by atoms with E-state index in [4.69, 9.17) is 0 Å². The molecule has 0 unspecified atom stereocenters. The summed E-state index contributed by atoms with van der Waals surface area (Å²) >= 11 is 0. The van der Waals surface area contributed by atoms with E-state index in [1.165, 1.54) is 0 Å². The number of aryl methyl sites for hydroxylation is 1. The van der Waals surface area contributed by atoms with E-state index in [-0.39, 0.29) is 16.7 Å². The summed E-state index contributed by atoms with van der Waals surface area (Å²) in [6.45, 7) is 4.90. The second-order valence-electron chi connectivity index (χ2n) is 7.13. The largest absolute Gasteiger partial charge is 0.341 e. The summed E-state index contributed by atoms with van der Waals surface area (Å²) in [4.78, 5) is 14.3. The van der Waals surface area contributed by atoms with Crippen LogP contribution >= 0.6 is 0 Å². The minimum absolute atomic E-state index is 0.0640. The highest BCUT2D eigenvalue weighted by Crippen LogP contribution is 2.13. The van der Waals surface area contributed by atoms with E-state index < -0.39 is 10.0 Å². The van der Waals surface area contributed by atoms with Gasteiger partial charge in [0.2, 0.25) is 15.9 Å². The van der Waals surface area contributed by atoms with Crippen LogP contribution in [0.15, 0.2) is 59.5 Å². The van der Waals surface area contributed by atoms with Gasteiger partial charge in [-0.25, -0.2) is 13.1 Å². The van der Waals surface area contributed by atoms with Gasteiger partial charge >= 0.3 is 0 Å². The molecule has 2 rings (SSSR count). The number of hydrogen-bond donors (Lipinski definition) is 1. The first-order valence-electron chi connectivity index (χ1n) is 9.14. The zero-order chi connectivity index (χ0) is 19.9. The minimum Gasteiger partial charge on any atom is -0.341 e. The lowest BCUT2D eigenvalue weighted by Gasteiger charge is -2.17. The average Bonchev–Trinajstić information content (AvgIpc) is 2.65. The molecule has 146 valence electrons. The van der Waals surface area contributed by atoms with Crippen molar-refractivity contribution in [2.45, 2.75) is 38.1 Å². The van der Waals surface area contributed by atoms with Gasteiger partial charge in [-0.2, -0.15) is 0 Å². The lowest BCUT2D eigenvalue weighted by Crippen LogP contribution is -2.27. The fourth-order valence-corrected chi connectivity index (χ4v) is 3.80. The van der Waals surface area contributed by atoms with Crippen LogP contribution in [0, 0.1) is 5.92 Å². The molecule has 0 radical (unpaired) electrons. The summed E-state index contributed by atoms with van der Waals surface area (Å²) in [5.41, 5.74) is 2.04. The second-order valence-corrected chi connectivity index (χ2v) is 8.89. The fraction of sp³-hybridized carbons (Fsp3) is 0.381. The van der Waals surface area contributed by atoms with E-state index >= 15 is 0 Å². The molecule has 27 heavy (non-hydrogen) atoms. The molecule has 0 aromatic heterocycles. The third kappa shape index (κ3) is 6.81. The third-order valence-electron chi connectivity index (χ3n) is 4.23. The van der Waals surface area contributed by atoms with E-state index in [2.05, 4.69) is 4.72 Å². The Kier molecular flexibility index (Phi) is 7.56. The van der Waals surface area contributed by atoms with Crippen molar-refractivity contribution in [2.75, 3.05) is 13.6 Å². The Labute approximate surface area is 162 Å². The molecule has 0 saturated carbocycles. The zero-order valence-electron chi connectivity index (χ0n) is 16.2. The molecular weight excluding hydrogens is 360 g/mol. The zero-order valence-corrected chi connectivity index (χ0v) is 17.0. The molecule has 0 aliphatic heterocycles. The van der Waals surface area contributed by atoms with E-state index in [0.29, 0.717) is 25.9 Å². The molecule has 2 aromatic rings. The first-order chi connectivity index (χ1) is 12.8. The van der Waals surface area contributed by atoms with Gasteiger partial charge in [0.15, 0.2) is 0 Å². The molecule has 1 N–H and O–H groups in total. The summed E-state index contributed by atoms with van der Waals surface area (Å²) in [7, 11) is -1.68. The summed E-state index contributed by atoms with van der Waals surface area (Å²) < 4.78 is 27.0. The van der Waals surface area contributed by atoms with Crippen LogP contribution in [-0.4, -0.2) is 32.8 Å². The predicted octanol–water partition coefficient (Wildman–Crippen LogP) is 3.21. The highest BCUT2D eigenvalue weighted by molar-refractivity contribution is 7.89. The number of carbonyl (C=O) groups excluding carboxylic acids is 1. The molecule has 2 aromatic carbocycles. The van der Waals surface area contributed by atoms with E-state index in [0.717, 1.165) is 11.1 Å². The molecule has 0 bridgehead atoms. The predicted molar refractivity (Wildman–Crippen MR) is 108 cm³/mol. The molecule has 0 atom stereocenters. The Morgan fingerprint density at radius 1 is 1.00 bits per heavy atom. The van der Waals surface area contributed by atoms with E-state index in [9.17, 15) is 13.2 Å². The molecule has 0 saturated heterocycles. The number of carbonyl (C=O) groups is 1. The van der Waals surface area contributed by atoms with Crippen LogP contribution in [0.25, 0.3) is 0 Å². The summed E-state index contributed by atoms with van der Waals surface area (Å²) in [6.07, 6.45) is 0.971. The molecule has 5 nitrogen and oxygen atoms in total. The van der Waals surface area contributed by atoms with Crippen molar-refractivity contribution < 1.29 is 13.2 Å². The number of amides is 1. The Morgan fingerprint density at radius 3 is 2.22 bits per heavy atom. The molecule has 0 spiro atoms. The van der Waals surface area contributed by atoms with Gasteiger partial charge in [-0.15, -0.1) is 0 Å². The normalized spacial score (nSPS) is 11.6. The van der Waals surface area contributed by atoms with Gasteiger partial charge < -0.3 is 4.90 Å². The molecule has 6 heteroatoms. The lowest BCUT2D eigenvalue weighted by molar-refractivity contribution is -0.130. The Hall–Kier alpha value is -2.18. The van der Waals surface area contributed by atoms with Crippen molar-refractivity contribution in [3.63, 3.8) is 0 Å². The fourth-order valence-electron chi connectivity index (χ4n) is 2.58. The smallest absolute Gasteiger partial charge is 0.240 e. The molecule has 0 aliphatic carbocycles. The van der Waals surface area contributed by atoms with E-state index in [1.54, 1.807) is 36.2 Å². The molecule has 0 aliphatic rings. The van der Waals surface area contributed by atoms with Crippen LogP contribution in [-0.2, 0) is 27.8 Å². The SMILES string of the molecule is CC(C)CNS(=O)(=O)c1ccc(CCC(=O)N(C)Cc2ccccc2)cc1. The van der Waals surface area contributed by atoms with Crippen molar-refractivity contribution in [1.82, 2.24) is 9.62 Å². The minimum atomic E-state index is -3.48. The maximum Gasteiger partial charge on any atom is 0.240 e. The highest BCUT2D eigenvalue weighted by Gasteiger charge is 2.14. The van der Waals surface area contributed by atoms with Crippen LogP contribution in [0.4, 0.5) is 0 Å². The van der Waals surface area contributed by atoms with Crippen LogP contribution < -0.4 is 4.72 Å². The maximum atomic E-state index is 12.3. The Bertz CT molecular complexity index is 831. The van der Waals surface area contributed by atoms with Gasteiger partial charge in [0.25, 0.3) is 0 Å². The molecule has 0 heterocycles. The lowest BCUT2D eigenvalue weighted by atomic mass is 10.1. The average molecular weight is 389 g/mol. The summed E-state index contributed by atoms with van der Waals surface area (Å²) in [6, 6.07) is 16.6. The van der Waals surface area contributed by atoms with Crippen molar-refractivity contribution in [3.8, 4) is 0 Å². The summed E-state index contributed by atoms with van der Waals surface area (Å²) in [5, 5.41) is 0. The number of benzene rings is 2. The van der Waals surface area contributed by atoms with E-state index in [1.807, 2.05) is 44.2 Å². The highest BCUT2D eigenvalue weighted by atomic mass is 32.2. The van der Waals surface area contributed by atoms with Gasteiger partial charge in [-0.1, -0.05) is 56.3 Å². The number of rotatable bonds is 9. The first-order valence-corrected chi connectivity index (χ1v) is 10.6. The van der Waals surface area contributed by atoms with Gasteiger partial charge in [-0.05, 0) is 35.6 Å². The van der Waals surface area contributed by atoms with Crippen LogP contribution in [0.3, 0.4) is 0 Å². The maximum absolute atomic E-state index is 12.3. The first kappa shape index (κ1) is 21.1. The van der Waals surface area contributed by atoms with Crippen LogP contribution in [0.1, 0.15) is 31.4 Å². The van der Waals surface area contributed by atoms with Crippen LogP contribution in [0.2, 0.25) is 0 Å². The second kappa shape index (κ2) is 9.67. The Balaban J connectivity index is 1.88. The number of nitrogens with zero attached hydrogens (tertiary/aromatic N) is 1. The van der Waals surface area contributed by atoms with Crippen molar-refractivity contribution in [2.24, 2.45) is 5.92 Å². The molecule has 0 fully saturated rings. The molecular formula is C21H28N2O3S. The van der Waals surface area contributed by atoms with Crippen molar-refractivity contribution in [1.29, 1.82) is 0 Å². The van der Waals surface area contributed by atoms with Gasteiger partial charge in [0.1, 0.15) is 0 Å². The van der Waals surface area contributed by atoms with Crippen LogP contribution in [0.5, 0.6) is 0 Å². The van der Waals surface area contributed by atoms with Gasteiger partial charge in [0, 0.05) is 26.6 Å². The molecule has 1 amide bonds. The standard InChI is InChI=1S/C21H28N2O3S/c1-17(2)15-22-27(25,26)20-12-9-18(10-13-20)11-14-21(24)23(3)16-19-7-5-4-6-8-19/h4-10,12-13,17,22H,11,14-16H2,1-3H3. The summed E-state index contributed by atoms with van der Waals surface area (Å²) in [5.74, 6) is 0.312. The van der Waals surface area contributed by atoms with Crippen molar-refractivity contribution >= 4 is 15.9 Å². The quantitative estimate of drug-likeness (QED) is 0.717. The third-order valence-corrected chi connectivity index (χ3v) is 5.67. The van der Waals surface area contributed by atoms with Gasteiger partial charge in [-0.3, -0.25) is 4.79 Å². The van der Waals surface area contributed by atoms with Crippen molar-refractivity contribution in [3.05, 3.63) is 65.7 Å². The number of sulfonamides is 1.